The Bertz CT molecular complexity index is 840. The highest BCUT2D eigenvalue weighted by atomic mass is 31.2. The van der Waals surface area contributed by atoms with E-state index in [1.54, 1.807) is 6.92 Å². The number of aromatic nitrogens is 4. The zero-order chi connectivity index (χ0) is 18.6. The number of aliphatic hydroxyl groups excluding tert-OH is 3. The number of nitrogen functional groups attached to an aromatic ring is 1. The monoisotopic (exact) mass is 375 g/mol. The first-order chi connectivity index (χ1) is 11.6. The van der Waals surface area contributed by atoms with E-state index in [4.69, 9.17) is 10.5 Å². The molecular formula is C12H18N5O7P. The zero-order valence-electron chi connectivity index (χ0n) is 13.0. The summed E-state index contributed by atoms with van der Waals surface area (Å²) < 4.78 is 18.5. The molecule has 0 spiro atoms. The van der Waals surface area contributed by atoms with Gasteiger partial charge in [0, 0.05) is 0 Å². The summed E-state index contributed by atoms with van der Waals surface area (Å²) in [4.78, 5) is 31.4. The summed E-state index contributed by atoms with van der Waals surface area (Å²) in [6.07, 6.45) is -4.33. The van der Waals surface area contributed by atoms with E-state index in [2.05, 4.69) is 15.0 Å². The summed E-state index contributed by atoms with van der Waals surface area (Å²) in [6.45, 7) is 1.59. The summed E-state index contributed by atoms with van der Waals surface area (Å²) in [5.74, 6) is -0.0391. The van der Waals surface area contributed by atoms with Crippen molar-refractivity contribution in [3.8, 4) is 0 Å². The van der Waals surface area contributed by atoms with Gasteiger partial charge in [-0.15, -0.1) is 0 Å². The van der Waals surface area contributed by atoms with Crippen LogP contribution < -0.4 is 5.73 Å². The van der Waals surface area contributed by atoms with Crippen molar-refractivity contribution >= 4 is 24.6 Å². The minimum Gasteiger partial charge on any atom is -0.390 e. The fourth-order valence-electron chi connectivity index (χ4n) is 2.95. The van der Waals surface area contributed by atoms with Crippen molar-refractivity contribution in [3.05, 3.63) is 12.7 Å². The van der Waals surface area contributed by atoms with Gasteiger partial charge in [0.2, 0.25) is 0 Å². The Labute approximate surface area is 141 Å². The average molecular weight is 375 g/mol. The Kier molecular flexibility index (Phi) is 4.32. The molecule has 7 N–H and O–H groups in total. The number of nitrogens with two attached hydrogens (primary N) is 1. The van der Waals surface area contributed by atoms with Gasteiger partial charge in [-0.25, -0.2) is 15.0 Å². The lowest BCUT2D eigenvalue weighted by Gasteiger charge is -2.33. The first-order valence-corrected chi connectivity index (χ1v) is 8.98. The van der Waals surface area contributed by atoms with E-state index < -0.39 is 37.5 Å². The van der Waals surface area contributed by atoms with Crippen molar-refractivity contribution in [2.75, 3.05) is 5.73 Å². The third-order valence-corrected chi connectivity index (χ3v) is 5.70. The molecule has 1 aliphatic heterocycles. The topological polar surface area (TPSA) is 197 Å². The average Bonchev–Trinajstić information content (AvgIpc) is 3.09. The van der Waals surface area contributed by atoms with E-state index in [1.165, 1.54) is 0 Å². The lowest BCUT2D eigenvalue weighted by atomic mass is 10.0. The van der Waals surface area contributed by atoms with E-state index in [0.29, 0.717) is 0 Å². The molecule has 1 unspecified atom stereocenters. The van der Waals surface area contributed by atoms with Gasteiger partial charge in [0.1, 0.15) is 36.5 Å². The summed E-state index contributed by atoms with van der Waals surface area (Å²) in [5, 5.41) is 30.7. The van der Waals surface area contributed by atoms with Crippen LogP contribution in [0.2, 0.25) is 0 Å². The van der Waals surface area contributed by atoms with Gasteiger partial charge >= 0.3 is 7.60 Å². The van der Waals surface area contributed by atoms with Crippen LogP contribution in [0, 0.1) is 0 Å². The number of hydrogen-bond donors (Lipinski definition) is 6. The molecule has 25 heavy (non-hydrogen) atoms. The maximum Gasteiger partial charge on any atom is 0.381 e. The first kappa shape index (κ1) is 18.1. The van der Waals surface area contributed by atoms with Crippen LogP contribution in [0.3, 0.4) is 0 Å². The summed E-state index contributed by atoms with van der Waals surface area (Å²) in [7, 11) is -5.26. The Morgan fingerprint density at radius 3 is 2.68 bits per heavy atom. The van der Waals surface area contributed by atoms with E-state index >= 15 is 0 Å². The van der Waals surface area contributed by atoms with Gasteiger partial charge in [-0.3, -0.25) is 9.13 Å². The highest BCUT2D eigenvalue weighted by Gasteiger charge is 2.67. The van der Waals surface area contributed by atoms with Crippen LogP contribution in [-0.4, -0.2) is 69.0 Å². The van der Waals surface area contributed by atoms with Gasteiger partial charge in [0.05, 0.1) is 6.10 Å². The second kappa shape index (κ2) is 5.95. The Hall–Kier alpha value is -1.66. The smallest absolute Gasteiger partial charge is 0.381 e. The number of imidazole rings is 1. The molecule has 12 nitrogen and oxygen atoms in total. The highest BCUT2D eigenvalue weighted by Crippen LogP contribution is 2.61. The summed E-state index contributed by atoms with van der Waals surface area (Å²) in [5.41, 5.74) is 2.88. The molecule has 13 heteroatoms. The van der Waals surface area contributed by atoms with Gasteiger partial charge in [-0.1, -0.05) is 6.92 Å². The van der Waals surface area contributed by atoms with Crippen LogP contribution in [0.5, 0.6) is 0 Å². The first-order valence-electron chi connectivity index (χ1n) is 7.36. The van der Waals surface area contributed by atoms with Crippen molar-refractivity contribution in [1.82, 2.24) is 19.5 Å². The van der Waals surface area contributed by atoms with Crippen LogP contribution in [0.4, 0.5) is 5.82 Å². The minimum absolute atomic E-state index is 0.0391. The minimum atomic E-state index is -5.26. The molecule has 3 rings (SSSR count). The number of nitrogens with zero attached hydrogens (tertiary/aromatic N) is 4. The molecule has 1 fully saturated rings. The number of aliphatic hydroxyl groups is 3. The number of ether oxygens (including phenoxy) is 1. The molecule has 138 valence electrons. The number of hydrogen-bond acceptors (Lipinski definition) is 9. The quantitative estimate of drug-likeness (QED) is 0.326. The third-order valence-electron chi connectivity index (χ3n) is 4.28. The van der Waals surface area contributed by atoms with E-state index in [9.17, 15) is 29.7 Å². The van der Waals surface area contributed by atoms with E-state index in [1.807, 2.05) is 0 Å². The molecule has 0 bridgehead atoms. The van der Waals surface area contributed by atoms with Gasteiger partial charge < -0.3 is 35.6 Å². The maximum absolute atomic E-state index is 12.3. The number of rotatable bonds is 4. The second-order valence-corrected chi connectivity index (χ2v) is 7.47. The van der Waals surface area contributed by atoms with E-state index in [0.717, 1.165) is 17.2 Å². The standard InChI is InChI=1S/C12H18N5O7P/c1-2-5(18)8-7(19)9(20)12(24-8,25(21,22)23)17-4-16-6-10(13)14-3-15-11(6)17/h3-5,7-9,18-20H,2H2,1H3,(H2,13,14,15)(H2,21,22,23)/t5?,7-,8-,9-,12+/m1/s1. The number of anilines is 1. The van der Waals surface area contributed by atoms with Crippen LogP contribution in [0.25, 0.3) is 11.2 Å². The lowest BCUT2D eigenvalue weighted by Crippen LogP contribution is -2.45. The van der Waals surface area contributed by atoms with Crippen molar-refractivity contribution in [3.63, 3.8) is 0 Å². The highest BCUT2D eigenvalue weighted by molar-refractivity contribution is 7.52. The normalized spacial score (nSPS) is 31.5. The summed E-state index contributed by atoms with van der Waals surface area (Å²) >= 11 is 0. The van der Waals surface area contributed by atoms with Crippen molar-refractivity contribution in [1.29, 1.82) is 0 Å². The van der Waals surface area contributed by atoms with Gasteiger partial charge in [-0.05, 0) is 6.42 Å². The Morgan fingerprint density at radius 2 is 2.08 bits per heavy atom. The molecule has 0 aromatic carbocycles. The van der Waals surface area contributed by atoms with Crippen LogP contribution in [-0.2, 0) is 14.8 Å². The molecule has 0 amide bonds. The molecule has 2 aromatic rings. The van der Waals surface area contributed by atoms with Gasteiger partial charge in [0.15, 0.2) is 11.5 Å². The molecule has 2 aromatic heterocycles. The molecule has 0 saturated carbocycles. The van der Waals surface area contributed by atoms with Crippen molar-refractivity contribution < 1.29 is 34.4 Å². The zero-order valence-corrected chi connectivity index (χ0v) is 13.9. The fourth-order valence-corrected chi connectivity index (χ4v) is 4.13. The molecule has 1 aliphatic rings. The molecule has 3 heterocycles. The molecule has 1 saturated heterocycles. The van der Waals surface area contributed by atoms with Crippen LogP contribution in [0.1, 0.15) is 13.3 Å². The predicted molar refractivity (Wildman–Crippen MR) is 82.9 cm³/mol. The molecular weight excluding hydrogens is 357 g/mol. The summed E-state index contributed by atoms with van der Waals surface area (Å²) in [6, 6.07) is 0. The lowest BCUT2D eigenvalue weighted by molar-refractivity contribution is -0.118. The van der Waals surface area contributed by atoms with Gasteiger partial charge in [-0.2, -0.15) is 0 Å². The van der Waals surface area contributed by atoms with E-state index in [-0.39, 0.29) is 23.4 Å². The maximum atomic E-state index is 12.3. The van der Waals surface area contributed by atoms with Crippen LogP contribution >= 0.6 is 7.60 Å². The van der Waals surface area contributed by atoms with Crippen LogP contribution in [0.15, 0.2) is 12.7 Å². The van der Waals surface area contributed by atoms with Crippen molar-refractivity contribution in [2.24, 2.45) is 0 Å². The molecule has 0 radical (unpaired) electrons. The fraction of sp³-hybridized carbons (Fsp3) is 0.583. The Morgan fingerprint density at radius 1 is 1.40 bits per heavy atom. The Balaban J connectivity index is 2.25. The third kappa shape index (κ3) is 2.46. The predicted octanol–water partition coefficient (Wildman–Crippen LogP) is -1.91. The van der Waals surface area contributed by atoms with Gasteiger partial charge in [0.25, 0.3) is 5.47 Å². The largest absolute Gasteiger partial charge is 0.390 e. The molecule has 0 aliphatic carbocycles. The van der Waals surface area contributed by atoms with Crippen molar-refractivity contribution in [2.45, 2.75) is 43.2 Å². The SMILES string of the molecule is CCC(O)[C@H]1O[C@](n2cnc3c(N)ncnc32)(P(=O)(O)O)[C@H](O)[C@@H]1O. The number of fused-ring (bicyclic) bond motifs is 1. The second-order valence-electron chi connectivity index (χ2n) is 5.74. The molecule has 5 atom stereocenters.